The molecule has 0 aliphatic heterocycles. The summed E-state index contributed by atoms with van der Waals surface area (Å²) < 4.78 is 15.3. The van der Waals surface area contributed by atoms with Crippen molar-refractivity contribution in [3.05, 3.63) is 53.6 Å². The van der Waals surface area contributed by atoms with E-state index in [1.54, 1.807) is 13.8 Å². The van der Waals surface area contributed by atoms with Gasteiger partial charge in [-0.2, -0.15) is 0 Å². The number of para-hydroxylation sites is 1. The molecular formula is C17H16N2O5. The topological polar surface area (TPSA) is 94.6 Å². The summed E-state index contributed by atoms with van der Waals surface area (Å²) in [5, 5.41) is 7.26. The number of hydrogen-bond acceptors (Lipinski definition) is 6. The number of nitrogens with zero attached hydrogens (tertiary/aromatic N) is 1. The van der Waals surface area contributed by atoms with Crippen LogP contribution in [0.3, 0.4) is 0 Å². The molecule has 0 aliphatic carbocycles. The van der Waals surface area contributed by atoms with Gasteiger partial charge in [-0.25, -0.2) is 4.79 Å². The van der Waals surface area contributed by atoms with Crippen molar-refractivity contribution in [3.63, 3.8) is 0 Å². The van der Waals surface area contributed by atoms with Gasteiger partial charge in [0.1, 0.15) is 11.3 Å². The molecule has 0 fully saturated rings. The lowest BCUT2D eigenvalue weighted by Crippen LogP contribution is -2.30. The van der Waals surface area contributed by atoms with Crippen LogP contribution >= 0.6 is 0 Å². The number of fused-ring (bicyclic) bond motifs is 1. The Hall–Kier alpha value is -3.09. The molecule has 1 aromatic carbocycles. The zero-order valence-corrected chi connectivity index (χ0v) is 13.2. The van der Waals surface area contributed by atoms with E-state index in [0.717, 1.165) is 11.0 Å². The van der Waals surface area contributed by atoms with E-state index in [4.69, 9.17) is 13.7 Å². The van der Waals surface area contributed by atoms with E-state index in [0.29, 0.717) is 11.5 Å². The van der Waals surface area contributed by atoms with Crippen LogP contribution in [-0.2, 0) is 9.53 Å². The molecule has 0 unspecified atom stereocenters. The smallest absolute Gasteiger partial charge is 0.377 e. The van der Waals surface area contributed by atoms with Crippen LogP contribution in [-0.4, -0.2) is 23.6 Å². The Morgan fingerprint density at radius 3 is 2.79 bits per heavy atom. The highest BCUT2D eigenvalue weighted by atomic mass is 16.6. The molecule has 0 radical (unpaired) electrons. The van der Waals surface area contributed by atoms with Crippen LogP contribution in [0.5, 0.6) is 0 Å². The molecule has 7 heteroatoms. The number of hydrogen-bond donors (Lipinski definition) is 1. The van der Waals surface area contributed by atoms with Crippen LogP contribution in [0.25, 0.3) is 11.0 Å². The molecule has 0 saturated carbocycles. The van der Waals surface area contributed by atoms with E-state index in [1.165, 1.54) is 6.07 Å². The predicted octanol–water partition coefficient (Wildman–Crippen LogP) is 2.76. The standard InChI is InChI=1S/C17H16N2O5/c1-10-7-15(24-19-10)17(21)22-9-16(20)18-11(2)14-8-12-5-3-4-6-13(12)23-14/h3-8,11H,9H2,1-2H3,(H,18,20)/t11-/m1/s1. The zero-order chi connectivity index (χ0) is 17.1. The number of amides is 1. The number of nitrogens with one attached hydrogen (secondary N) is 1. The molecule has 2 aromatic heterocycles. The second kappa shape index (κ2) is 6.57. The van der Waals surface area contributed by atoms with E-state index >= 15 is 0 Å². The van der Waals surface area contributed by atoms with Crippen molar-refractivity contribution < 1.29 is 23.3 Å². The molecular weight excluding hydrogens is 312 g/mol. The van der Waals surface area contributed by atoms with Gasteiger partial charge in [0.05, 0.1) is 11.7 Å². The van der Waals surface area contributed by atoms with Crippen molar-refractivity contribution in [2.75, 3.05) is 6.61 Å². The molecule has 24 heavy (non-hydrogen) atoms. The largest absolute Gasteiger partial charge is 0.459 e. The monoisotopic (exact) mass is 328 g/mol. The third kappa shape index (κ3) is 3.45. The Bertz CT molecular complexity index is 847. The molecule has 0 bridgehead atoms. The fraction of sp³-hybridized carbons (Fsp3) is 0.235. The van der Waals surface area contributed by atoms with Crippen LogP contribution < -0.4 is 5.32 Å². The molecule has 3 rings (SSSR count). The highest BCUT2D eigenvalue weighted by Gasteiger charge is 2.18. The third-order valence-electron chi connectivity index (χ3n) is 3.41. The summed E-state index contributed by atoms with van der Waals surface area (Å²) in [4.78, 5) is 23.6. The van der Waals surface area contributed by atoms with Crippen LogP contribution in [0.2, 0.25) is 0 Å². The van der Waals surface area contributed by atoms with Crippen LogP contribution in [0.15, 0.2) is 45.3 Å². The molecule has 0 spiro atoms. The van der Waals surface area contributed by atoms with Crippen molar-refractivity contribution in [1.29, 1.82) is 0 Å². The molecule has 124 valence electrons. The van der Waals surface area contributed by atoms with Gasteiger partial charge in [-0.3, -0.25) is 4.79 Å². The van der Waals surface area contributed by atoms with Crippen molar-refractivity contribution in [2.24, 2.45) is 0 Å². The lowest BCUT2D eigenvalue weighted by atomic mass is 10.2. The molecule has 1 N–H and O–H groups in total. The minimum Gasteiger partial charge on any atom is -0.459 e. The summed E-state index contributed by atoms with van der Waals surface area (Å²) >= 11 is 0. The maximum Gasteiger partial charge on any atom is 0.377 e. The number of ether oxygens (including phenoxy) is 1. The number of benzene rings is 1. The number of aryl methyl sites for hydroxylation is 1. The van der Waals surface area contributed by atoms with Gasteiger partial charge in [0, 0.05) is 11.5 Å². The predicted molar refractivity (Wildman–Crippen MR) is 84.3 cm³/mol. The highest BCUT2D eigenvalue weighted by molar-refractivity contribution is 5.88. The van der Waals surface area contributed by atoms with Gasteiger partial charge in [-0.15, -0.1) is 0 Å². The maximum atomic E-state index is 11.9. The molecule has 0 aliphatic rings. The lowest BCUT2D eigenvalue weighted by Gasteiger charge is -2.11. The van der Waals surface area contributed by atoms with Gasteiger partial charge in [-0.05, 0) is 26.0 Å². The van der Waals surface area contributed by atoms with Crippen molar-refractivity contribution in [3.8, 4) is 0 Å². The molecule has 1 amide bonds. The van der Waals surface area contributed by atoms with Gasteiger partial charge < -0.3 is 19.0 Å². The Kier molecular flexibility index (Phi) is 4.33. The minimum absolute atomic E-state index is 0.0365. The summed E-state index contributed by atoms with van der Waals surface area (Å²) in [5.74, 6) is -0.581. The van der Waals surface area contributed by atoms with Gasteiger partial charge in [0.25, 0.3) is 5.91 Å². The summed E-state index contributed by atoms with van der Waals surface area (Å²) in [6.45, 7) is 3.06. The molecule has 0 saturated heterocycles. The van der Waals surface area contributed by atoms with Gasteiger partial charge in [-0.1, -0.05) is 23.4 Å². The first-order chi connectivity index (χ1) is 11.5. The number of rotatable bonds is 5. The molecule has 3 aromatic rings. The quantitative estimate of drug-likeness (QED) is 0.724. The minimum atomic E-state index is -0.734. The van der Waals surface area contributed by atoms with Crippen molar-refractivity contribution in [1.82, 2.24) is 10.5 Å². The van der Waals surface area contributed by atoms with E-state index in [-0.39, 0.29) is 11.8 Å². The molecule has 1 atom stereocenters. The fourth-order valence-electron chi connectivity index (χ4n) is 2.23. The van der Waals surface area contributed by atoms with Crippen LogP contribution in [0.1, 0.15) is 35.0 Å². The summed E-state index contributed by atoms with van der Waals surface area (Å²) in [5.41, 5.74) is 1.31. The van der Waals surface area contributed by atoms with Crippen LogP contribution in [0.4, 0.5) is 0 Å². The first kappa shape index (κ1) is 15.8. The Labute approximate surface area is 137 Å². The second-order valence-corrected chi connectivity index (χ2v) is 5.38. The average Bonchev–Trinajstić information content (AvgIpc) is 3.18. The van der Waals surface area contributed by atoms with Crippen molar-refractivity contribution in [2.45, 2.75) is 19.9 Å². The first-order valence-corrected chi connectivity index (χ1v) is 7.41. The number of furan rings is 1. The van der Waals surface area contributed by atoms with E-state index in [9.17, 15) is 9.59 Å². The Balaban J connectivity index is 1.55. The zero-order valence-electron chi connectivity index (χ0n) is 13.2. The summed E-state index contributed by atoms with van der Waals surface area (Å²) in [7, 11) is 0. The lowest BCUT2D eigenvalue weighted by molar-refractivity contribution is -0.125. The highest BCUT2D eigenvalue weighted by Crippen LogP contribution is 2.23. The van der Waals surface area contributed by atoms with Crippen LogP contribution in [0, 0.1) is 6.92 Å². The fourth-order valence-corrected chi connectivity index (χ4v) is 2.23. The Morgan fingerprint density at radius 1 is 1.29 bits per heavy atom. The molecule has 2 heterocycles. The summed E-state index contributed by atoms with van der Waals surface area (Å²) in [6.07, 6.45) is 0. The molecule has 7 nitrogen and oxygen atoms in total. The third-order valence-corrected chi connectivity index (χ3v) is 3.41. The normalized spacial score (nSPS) is 12.1. The number of esters is 1. The van der Waals surface area contributed by atoms with Crippen molar-refractivity contribution >= 4 is 22.8 Å². The Morgan fingerprint density at radius 2 is 2.08 bits per heavy atom. The summed E-state index contributed by atoms with van der Waals surface area (Å²) in [6, 6.07) is 10.5. The van der Waals surface area contributed by atoms with E-state index in [1.807, 2.05) is 30.3 Å². The average molecular weight is 328 g/mol. The number of carbonyl (C=O) groups excluding carboxylic acids is 2. The first-order valence-electron chi connectivity index (χ1n) is 7.41. The van der Waals surface area contributed by atoms with Gasteiger partial charge in [0.15, 0.2) is 6.61 Å². The van der Waals surface area contributed by atoms with E-state index in [2.05, 4.69) is 10.5 Å². The van der Waals surface area contributed by atoms with Gasteiger partial charge >= 0.3 is 5.97 Å². The second-order valence-electron chi connectivity index (χ2n) is 5.38. The van der Waals surface area contributed by atoms with E-state index < -0.39 is 18.5 Å². The maximum absolute atomic E-state index is 11.9. The number of carbonyl (C=O) groups is 2. The SMILES string of the molecule is Cc1cc(C(=O)OCC(=O)N[C@H](C)c2cc3ccccc3o2)on1. The van der Waals surface area contributed by atoms with Gasteiger partial charge in [0.2, 0.25) is 5.76 Å². The number of aromatic nitrogens is 1.